The maximum atomic E-state index is 15.1. The monoisotopic (exact) mass is 491 g/mol. The first-order chi connectivity index (χ1) is 17.0. The molecule has 3 aromatic heterocycles. The Morgan fingerprint density at radius 2 is 2.06 bits per heavy atom. The van der Waals surface area contributed by atoms with E-state index in [1.54, 1.807) is 24.5 Å². The number of anilines is 1. The summed E-state index contributed by atoms with van der Waals surface area (Å²) in [6.45, 7) is 3.57. The first-order valence-corrected chi connectivity index (χ1v) is 12.1. The Kier molecular flexibility index (Phi) is 5.50. The highest BCUT2D eigenvalue weighted by atomic mass is 35.5. The van der Waals surface area contributed by atoms with Gasteiger partial charge in [0, 0.05) is 41.1 Å². The Balaban J connectivity index is 1.51. The molecule has 1 atom stereocenters. The quantitative estimate of drug-likeness (QED) is 0.425. The number of pyridine rings is 1. The topological polar surface area (TPSA) is 72.6 Å². The zero-order chi connectivity index (χ0) is 24.1. The van der Waals surface area contributed by atoms with Crippen LogP contribution in [0.1, 0.15) is 35.0 Å². The Bertz CT molecular complexity index is 1520. The molecule has 178 valence electrons. The predicted molar refractivity (Wildman–Crippen MR) is 132 cm³/mol. The number of aryl methyl sites for hydroxylation is 2. The standard InChI is InChI=1S/C26H23ClFN5O2/c1-15-11-16(7-8-29-15)22-13-32(9-10-35-22)23-14-33-25(30-21-4-2-3-19(21)26(33)34)24(31-23)18-6-5-17(27)12-20(18)28/h5-8,11-12,14,22H,2-4,9-10,13H2,1H3/t22-/m1/s1. The Hall–Kier alpha value is -3.36. The number of hydrogen-bond donors (Lipinski definition) is 0. The van der Waals surface area contributed by atoms with Gasteiger partial charge in [-0.15, -0.1) is 0 Å². The van der Waals surface area contributed by atoms with Crippen molar-refractivity contribution in [2.45, 2.75) is 32.3 Å². The van der Waals surface area contributed by atoms with E-state index in [1.807, 2.05) is 19.1 Å². The molecule has 6 rings (SSSR count). The van der Waals surface area contributed by atoms with Crippen molar-refractivity contribution in [3.63, 3.8) is 0 Å². The summed E-state index contributed by atoms with van der Waals surface area (Å²) < 4.78 is 22.6. The van der Waals surface area contributed by atoms with Crippen LogP contribution >= 0.6 is 11.6 Å². The molecule has 35 heavy (non-hydrogen) atoms. The van der Waals surface area contributed by atoms with Crippen molar-refractivity contribution in [1.29, 1.82) is 0 Å². The molecular formula is C26H23ClFN5O2. The summed E-state index contributed by atoms with van der Waals surface area (Å²) in [4.78, 5) is 29.4. The van der Waals surface area contributed by atoms with Crippen molar-refractivity contribution in [1.82, 2.24) is 19.4 Å². The maximum Gasteiger partial charge on any atom is 0.261 e. The van der Waals surface area contributed by atoms with Gasteiger partial charge in [0.1, 0.15) is 23.4 Å². The lowest BCUT2D eigenvalue weighted by atomic mass is 10.1. The van der Waals surface area contributed by atoms with Crippen molar-refractivity contribution in [2.24, 2.45) is 0 Å². The SMILES string of the molecule is Cc1cc([C@H]2CN(c3cn4c(=O)c5c(nc4c(-c4ccc(Cl)cc4F)n3)CCC5)CCO2)ccn1. The molecule has 1 fully saturated rings. The van der Waals surface area contributed by atoms with E-state index in [2.05, 4.69) is 9.88 Å². The Morgan fingerprint density at radius 3 is 2.89 bits per heavy atom. The fourth-order valence-electron chi connectivity index (χ4n) is 4.94. The molecule has 0 spiro atoms. The molecule has 4 heterocycles. The van der Waals surface area contributed by atoms with E-state index in [9.17, 15) is 4.79 Å². The molecule has 0 unspecified atom stereocenters. The van der Waals surface area contributed by atoms with Crippen LogP contribution in [0.5, 0.6) is 0 Å². The molecule has 0 radical (unpaired) electrons. The van der Waals surface area contributed by atoms with Gasteiger partial charge in [-0.3, -0.25) is 14.2 Å². The van der Waals surface area contributed by atoms with Gasteiger partial charge >= 0.3 is 0 Å². The average molecular weight is 492 g/mol. The molecule has 0 saturated carbocycles. The lowest BCUT2D eigenvalue weighted by molar-refractivity contribution is 0.0394. The van der Waals surface area contributed by atoms with Crippen LogP contribution in [0.15, 0.2) is 47.5 Å². The van der Waals surface area contributed by atoms with Gasteiger partial charge in [0.25, 0.3) is 5.56 Å². The second kappa shape index (κ2) is 8.70. The number of aromatic nitrogens is 4. The third-order valence-electron chi connectivity index (χ3n) is 6.69. The highest BCUT2D eigenvalue weighted by Crippen LogP contribution is 2.31. The summed E-state index contributed by atoms with van der Waals surface area (Å²) in [5.41, 5.74) is 4.28. The second-order valence-corrected chi connectivity index (χ2v) is 9.43. The first kappa shape index (κ1) is 22.1. The van der Waals surface area contributed by atoms with Crippen LogP contribution in [-0.2, 0) is 17.6 Å². The van der Waals surface area contributed by atoms with Gasteiger partial charge in [-0.1, -0.05) is 11.6 Å². The van der Waals surface area contributed by atoms with Crippen molar-refractivity contribution < 1.29 is 9.13 Å². The molecule has 2 aliphatic rings. The minimum Gasteiger partial charge on any atom is -0.370 e. The van der Waals surface area contributed by atoms with E-state index < -0.39 is 5.82 Å². The van der Waals surface area contributed by atoms with E-state index in [0.29, 0.717) is 48.3 Å². The van der Waals surface area contributed by atoms with Crippen molar-refractivity contribution in [3.8, 4) is 11.3 Å². The van der Waals surface area contributed by atoms with E-state index in [4.69, 9.17) is 26.3 Å². The normalized spacial score (nSPS) is 17.7. The molecule has 4 aromatic rings. The van der Waals surface area contributed by atoms with Crippen LogP contribution in [-0.4, -0.2) is 39.0 Å². The van der Waals surface area contributed by atoms with Crippen LogP contribution in [0.2, 0.25) is 5.02 Å². The Labute approximate surface area is 206 Å². The molecule has 0 bridgehead atoms. The van der Waals surface area contributed by atoms with Gasteiger partial charge in [-0.05, 0) is 62.1 Å². The molecule has 1 saturated heterocycles. The van der Waals surface area contributed by atoms with Gasteiger partial charge in [0.2, 0.25) is 0 Å². The average Bonchev–Trinajstić information content (AvgIpc) is 3.33. The van der Waals surface area contributed by atoms with Gasteiger partial charge in [-0.2, -0.15) is 0 Å². The van der Waals surface area contributed by atoms with Gasteiger partial charge in [0.05, 0.1) is 18.5 Å². The minimum atomic E-state index is -0.508. The number of benzene rings is 1. The fourth-order valence-corrected chi connectivity index (χ4v) is 5.10. The number of rotatable bonds is 3. The summed E-state index contributed by atoms with van der Waals surface area (Å²) in [5.74, 6) is 0.0636. The number of morpholine rings is 1. The number of halogens is 2. The van der Waals surface area contributed by atoms with Crippen LogP contribution in [0, 0.1) is 12.7 Å². The highest BCUT2D eigenvalue weighted by Gasteiger charge is 2.27. The van der Waals surface area contributed by atoms with Gasteiger partial charge < -0.3 is 9.64 Å². The largest absolute Gasteiger partial charge is 0.370 e. The smallest absolute Gasteiger partial charge is 0.261 e. The molecular weight excluding hydrogens is 469 g/mol. The summed E-state index contributed by atoms with van der Waals surface area (Å²) in [6.07, 6.45) is 5.65. The van der Waals surface area contributed by atoms with Crippen LogP contribution in [0.4, 0.5) is 10.2 Å². The third kappa shape index (κ3) is 3.96. The van der Waals surface area contributed by atoms with Crippen molar-refractivity contribution >= 4 is 23.1 Å². The molecule has 1 aliphatic heterocycles. The Morgan fingerprint density at radius 1 is 1.17 bits per heavy atom. The lowest BCUT2D eigenvalue weighted by Crippen LogP contribution is -2.39. The molecule has 9 heteroatoms. The summed E-state index contributed by atoms with van der Waals surface area (Å²) in [7, 11) is 0. The maximum absolute atomic E-state index is 15.1. The van der Waals surface area contributed by atoms with Crippen LogP contribution in [0.3, 0.4) is 0 Å². The molecule has 7 nitrogen and oxygen atoms in total. The zero-order valence-electron chi connectivity index (χ0n) is 19.2. The lowest BCUT2D eigenvalue weighted by Gasteiger charge is -2.34. The third-order valence-corrected chi connectivity index (χ3v) is 6.92. The van der Waals surface area contributed by atoms with Crippen molar-refractivity contribution in [3.05, 3.63) is 86.4 Å². The molecule has 1 aromatic carbocycles. The number of hydrogen-bond acceptors (Lipinski definition) is 6. The number of nitrogens with zero attached hydrogens (tertiary/aromatic N) is 5. The molecule has 0 amide bonds. The van der Waals surface area contributed by atoms with Crippen LogP contribution in [0.25, 0.3) is 16.9 Å². The van der Waals surface area contributed by atoms with E-state index >= 15 is 4.39 Å². The fraction of sp³-hybridized carbons (Fsp3) is 0.308. The number of ether oxygens (including phenoxy) is 1. The summed E-state index contributed by atoms with van der Waals surface area (Å²) in [6, 6.07) is 8.41. The molecule has 1 aliphatic carbocycles. The second-order valence-electron chi connectivity index (χ2n) is 9.00. The zero-order valence-corrected chi connectivity index (χ0v) is 19.9. The highest BCUT2D eigenvalue weighted by molar-refractivity contribution is 6.30. The van der Waals surface area contributed by atoms with Crippen LogP contribution < -0.4 is 10.5 Å². The van der Waals surface area contributed by atoms with Gasteiger partial charge in [-0.25, -0.2) is 14.4 Å². The summed E-state index contributed by atoms with van der Waals surface area (Å²) >= 11 is 6.01. The molecule has 0 N–H and O–H groups in total. The first-order valence-electron chi connectivity index (χ1n) is 11.7. The van der Waals surface area contributed by atoms with E-state index in [0.717, 1.165) is 35.4 Å². The van der Waals surface area contributed by atoms with Crippen molar-refractivity contribution in [2.75, 3.05) is 24.6 Å². The minimum absolute atomic E-state index is 0.115. The predicted octanol–water partition coefficient (Wildman–Crippen LogP) is 4.32. The number of fused-ring (bicyclic) bond motifs is 2. The van der Waals surface area contributed by atoms with E-state index in [-0.39, 0.29) is 17.2 Å². The summed E-state index contributed by atoms with van der Waals surface area (Å²) in [5, 5.41) is 0.293. The van der Waals surface area contributed by atoms with E-state index in [1.165, 1.54) is 10.5 Å². The van der Waals surface area contributed by atoms with Gasteiger partial charge in [0.15, 0.2) is 5.65 Å².